The lowest BCUT2D eigenvalue weighted by molar-refractivity contribution is -0.187. The molecule has 0 saturated heterocycles. The van der Waals surface area contributed by atoms with Gasteiger partial charge in [0.05, 0.1) is 4.90 Å². The normalized spacial score (nSPS) is 13.1. The molecule has 2 aromatic rings. The van der Waals surface area contributed by atoms with Crippen molar-refractivity contribution in [2.24, 2.45) is 0 Å². The Morgan fingerprint density at radius 3 is 2.43 bits per heavy atom. The highest BCUT2D eigenvalue weighted by atomic mass is 32.2. The Morgan fingerprint density at radius 2 is 1.80 bits per heavy atom. The van der Waals surface area contributed by atoms with Crippen molar-refractivity contribution in [2.45, 2.75) is 36.9 Å². The van der Waals surface area contributed by atoms with Crippen LogP contribution in [-0.2, 0) is 19.6 Å². The van der Waals surface area contributed by atoms with Crippen LogP contribution in [-0.4, -0.2) is 33.7 Å². The third-order valence-electron chi connectivity index (χ3n) is 3.99. The van der Waals surface area contributed by atoms with Crippen molar-refractivity contribution in [2.75, 3.05) is 18.5 Å². The molecule has 0 unspecified atom stereocenters. The Balaban J connectivity index is 2.19. The number of anilines is 1. The van der Waals surface area contributed by atoms with Gasteiger partial charge in [-0.05, 0) is 30.2 Å². The Labute approximate surface area is 173 Å². The average Bonchev–Trinajstić information content (AvgIpc) is 2.68. The number of ether oxygens (including phenoxy) is 1. The molecule has 0 saturated carbocycles. The number of unbranched alkanes of at least 4 members (excludes halogenated alkanes) is 1. The van der Waals surface area contributed by atoms with Gasteiger partial charge in [0.15, 0.2) is 6.10 Å². The zero-order valence-corrected chi connectivity index (χ0v) is 17.1. The molecule has 0 aliphatic heterocycles. The number of nitrogens with one attached hydrogen (secondary N) is 2. The molecule has 6 nitrogen and oxygen atoms in total. The molecule has 0 aromatic heterocycles. The van der Waals surface area contributed by atoms with Gasteiger partial charge in [-0.2, -0.15) is 13.2 Å². The van der Waals surface area contributed by atoms with Gasteiger partial charge in [0.1, 0.15) is 6.61 Å². The maximum absolute atomic E-state index is 12.6. The van der Waals surface area contributed by atoms with Crippen molar-refractivity contribution >= 4 is 21.6 Å². The van der Waals surface area contributed by atoms with Crippen LogP contribution in [0.1, 0.15) is 31.4 Å². The third-order valence-corrected chi connectivity index (χ3v) is 5.45. The number of hydrogen-bond acceptors (Lipinski definition) is 4. The highest BCUT2D eigenvalue weighted by molar-refractivity contribution is 7.89. The van der Waals surface area contributed by atoms with Crippen molar-refractivity contribution in [3.05, 3.63) is 60.2 Å². The molecule has 0 radical (unpaired) electrons. The van der Waals surface area contributed by atoms with E-state index in [0.29, 0.717) is 6.42 Å². The standard InChI is InChI=1S/C20H23F3N2O4S/c1-2-3-12-24-30(27,28)17-11-7-10-16(13-17)25-19(26)18(29-14-20(21,22)23)15-8-5-4-6-9-15/h4-11,13,18,24H,2-3,12,14H2,1H3,(H,25,26)/t18-/m1/s1. The van der Waals surface area contributed by atoms with Crippen molar-refractivity contribution < 1.29 is 31.1 Å². The minimum absolute atomic E-state index is 0.0659. The summed E-state index contributed by atoms with van der Waals surface area (Å²) in [6.07, 6.45) is -4.64. The van der Waals surface area contributed by atoms with Gasteiger partial charge in [-0.3, -0.25) is 4.79 Å². The lowest BCUT2D eigenvalue weighted by Crippen LogP contribution is -2.28. The van der Waals surface area contributed by atoms with Gasteiger partial charge in [-0.15, -0.1) is 0 Å². The van der Waals surface area contributed by atoms with Crippen molar-refractivity contribution in [1.29, 1.82) is 0 Å². The Hall–Kier alpha value is -2.43. The van der Waals surface area contributed by atoms with E-state index in [1.165, 1.54) is 36.4 Å². The van der Waals surface area contributed by atoms with Crippen LogP contribution in [0.15, 0.2) is 59.5 Å². The fourth-order valence-electron chi connectivity index (χ4n) is 2.54. The molecule has 2 rings (SSSR count). The Kier molecular flexibility index (Phi) is 8.39. The molecule has 0 bridgehead atoms. The monoisotopic (exact) mass is 444 g/mol. The first-order valence-electron chi connectivity index (χ1n) is 9.26. The zero-order chi connectivity index (χ0) is 22.2. The van der Waals surface area contributed by atoms with E-state index in [1.54, 1.807) is 18.2 Å². The maximum Gasteiger partial charge on any atom is 0.411 e. The van der Waals surface area contributed by atoms with Crippen LogP contribution >= 0.6 is 0 Å². The zero-order valence-electron chi connectivity index (χ0n) is 16.3. The summed E-state index contributed by atoms with van der Waals surface area (Å²) in [6.45, 7) is 0.598. The summed E-state index contributed by atoms with van der Waals surface area (Å²) >= 11 is 0. The minimum Gasteiger partial charge on any atom is -0.354 e. The van der Waals surface area contributed by atoms with E-state index in [9.17, 15) is 26.4 Å². The second-order valence-corrected chi connectivity index (χ2v) is 8.25. The SMILES string of the molecule is CCCCNS(=O)(=O)c1cccc(NC(=O)[C@H](OCC(F)(F)F)c2ccccc2)c1. The molecular formula is C20H23F3N2O4S. The van der Waals surface area contributed by atoms with Crippen LogP contribution < -0.4 is 10.0 Å². The summed E-state index contributed by atoms with van der Waals surface area (Å²) in [5.74, 6) is -0.848. The fraction of sp³-hybridized carbons (Fsp3) is 0.350. The largest absolute Gasteiger partial charge is 0.411 e. The number of halogens is 3. The number of benzene rings is 2. The van der Waals surface area contributed by atoms with Crippen LogP contribution in [0.2, 0.25) is 0 Å². The summed E-state index contributed by atoms with van der Waals surface area (Å²) in [5, 5.41) is 2.43. The first-order chi connectivity index (χ1) is 14.1. The molecule has 2 aromatic carbocycles. The Bertz CT molecular complexity index is 935. The summed E-state index contributed by atoms with van der Waals surface area (Å²) in [5.41, 5.74) is 0.360. The first kappa shape index (κ1) is 23.8. The lowest BCUT2D eigenvalue weighted by Gasteiger charge is -2.19. The summed E-state index contributed by atoms with van der Waals surface area (Å²) < 4.78 is 69.8. The van der Waals surface area contributed by atoms with Crippen LogP contribution in [0.4, 0.5) is 18.9 Å². The second-order valence-electron chi connectivity index (χ2n) is 6.49. The van der Waals surface area contributed by atoms with Crippen LogP contribution in [0.3, 0.4) is 0 Å². The number of carbonyl (C=O) groups excluding carboxylic acids is 1. The minimum atomic E-state index is -4.61. The Morgan fingerprint density at radius 1 is 1.10 bits per heavy atom. The van der Waals surface area contributed by atoms with E-state index in [0.717, 1.165) is 6.42 Å². The van der Waals surface area contributed by atoms with E-state index in [2.05, 4.69) is 10.0 Å². The van der Waals surface area contributed by atoms with E-state index in [1.807, 2.05) is 6.92 Å². The van der Waals surface area contributed by atoms with E-state index in [4.69, 9.17) is 4.74 Å². The van der Waals surface area contributed by atoms with E-state index >= 15 is 0 Å². The van der Waals surface area contributed by atoms with Crippen molar-refractivity contribution in [3.63, 3.8) is 0 Å². The number of hydrogen-bond donors (Lipinski definition) is 2. The van der Waals surface area contributed by atoms with Gasteiger partial charge in [0, 0.05) is 12.2 Å². The van der Waals surface area contributed by atoms with Crippen LogP contribution in [0, 0.1) is 0 Å². The summed E-state index contributed by atoms with van der Waals surface area (Å²) in [6, 6.07) is 13.2. The average molecular weight is 444 g/mol. The fourth-order valence-corrected chi connectivity index (χ4v) is 3.66. The summed E-state index contributed by atoms with van der Waals surface area (Å²) in [7, 11) is -3.77. The second kappa shape index (κ2) is 10.6. The molecule has 0 heterocycles. The molecule has 0 aliphatic carbocycles. The van der Waals surface area contributed by atoms with Gasteiger partial charge >= 0.3 is 6.18 Å². The molecule has 10 heteroatoms. The molecule has 0 spiro atoms. The van der Waals surface area contributed by atoms with E-state index in [-0.39, 0.29) is 22.7 Å². The first-order valence-corrected chi connectivity index (χ1v) is 10.7. The van der Waals surface area contributed by atoms with Gasteiger partial charge in [0.25, 0.3) is 5.91 Å². The van der Waals surface area contributed by atoms with Crippen LogP contribution in [0.5, 0.6) is 0 Å². The number of amides is 1. The molecule has 164 valence electrons. The molecule has 2 N–H and O–H groups in total. The van der Waals surface area contributed by atoms with Gasteiger partial charge < -0.3 is 10.1 Å². The molecular weight excluding hydrogens is 421 g/mol. The predicted molar refractivity (Wildman–Crippen MR) is 106 cm³/mol. The maximum atomic E-state index is 12.6. The molecule has 0 fully saturated rings. The topological polar surface area (TPSA) is 84.5 Å². The number of rotatable bonds is 10. The third kappa shape index (κ3) is 7.43. The molecule has 1 atom stereocenters. The van der Waals surface area contributed by atoms with Gasteiger partial charge in [-0.1, -0.05) is 49.7 Å². The lowest BCUT2D eigenvalue weighted by atomic mass is 10.1. The predicted octanol–water partition coefficient (Wildman–Crippen LogP) is 4.02. The summed E-state index contributed by atoms with van der Waals surface area (Å²) in [4.78, 5) is 12.6. The van der Waals surface area contributed by atoms with Gasteiger partial charge in [0.2, 0.25) is 10.0 Å². The van der Waals surface area contributed by atoms with Crippen molar-refractivity contribution in [3.8, 4) is 0 Å². The molecule has 1 amide bonds. The van der Waals surface area contributed by atoms with Gasteiger partial charge in [-0.25, -0.2) is 13.1 Å². The number of alkyl halides is 3. The highest BCUT2D eigenvalue weighted by Gasteiger charge is 2.32. The quantitative estimate of drug-likeness (QED) is 0.542. The van der Waals surface area contributed by atoms with Crippen LogP contribution in [0.25, 0.3) is 0 Å². The molecule has 30 heavy (non-hydrogen) atoms. The highest BCUT2D eigenvalue weighted by Crippen LogP contribution is 2.25. The smallest absolute Gasteiger partial charge is 0.354 e. The number of sulfonamides is 1. The van der Waals surface area contributed by atoms with Crippen molar-refractivity contribution in [1.82, 2.24) is 4.72 Å². The number of carbonyl (C=O) groups is 1. The van der Waals surface area contributed by atoms with E-state index < -0.39 is 34.8 Å². The molecule has 0 aliphatic rings.